The average molecular weight is 164 g/mol. The molecule has 0 spiro atoms. The zero-order valence-electron chi connectivity index (χ0n) is 5.49. The molecule has 0 rings (SSSR count). The second-order valence-corrected chi connectivity index (χ2v) is 1.34. The minimum Gasteiger partial charge on any atom is -0.350 e. The Bertz CT molecular complexity index is 132. The van der Waals surface area contributed by atoms with E-state index in [2.05, 4.69) is 21.1 Å². The number of carbonyl (C=O) groups is 2. The van der Waals surface area contributed by atoms with Gasteiger partial charge in [-0.15, -0.1) is 0 Å². The largest absolute Gasteiger partial charge is 0.350 e. The average Bonchev–Trinajstić information content (AvgIpc) is 1.85. The van der Waals surface area contributed by atoms with Crippen LogP contribution in [0.25, 0.3) is 0 Å². The SMILES string of the molecule is NC(=O)NOCONC(N)=O. The quantitative estimate of drug-likeness (QED) is 0.220. The van der Waals surface area contributed by atoms with Crippen LogP contribution in [-0.2, 0) is 9.68 Å². The molecule has 0 fully saturated rings. The molecule has 6 N–H and O–H groups in total. The van der Waals surface area contributed by atoms with E-state index in [1.54, 1.807) is 11.0 Å². The highest BCUT2D eigenvalue weighted by Gasteiger charge is 1.92. The maximum atomic E-state index is 9.91. The molecule has 0 atom stereocenters. The molecule has 0 bridgehead atoms. The molecule has 11 heavy (non-hydrogen) atoms. The smallest absolute Gasteiger partial charge is 0.336 e. The molecular formula is C3H8N4O4. The van der Waals surface area contributed by atoms with E-state index in [9.17, 15) is 9.59 Å². The molecule has 0 aliphatic carbocycles. The summed E-state index contributed by atoms with van der Waals surface area (Å²) in [5.41, 5.74) is 12.7. The predicted octanol–water partition coefficient (Wildman–Crippen LogP) is -1.86. The van der Waals surface area contributed by atoms with Crippen LogP contribution in [0.15, 0.2) is 0 Å². The Kier molecular flexibility index (Phi) is 4.52. The third-order valence-electron chi connectivity index (χ3n) is 0.463. The molecule has 0 radical (unpaired) electrons. The standard InChI is InChI=1S/C3H8N4O4/c4-2(8)6-10-1-11-7-3(5)9/h1H2,(H3,4,6,8)(H3,5,7,9). The zero-order chi connectivity index (χ0) is 8.69. The molecule has 0 heterocycles. The molecule has 64 valence electrons. The fourth-order valence-electron chi connectivity index (χ4n) is 0.231. The third-order valence-corrected chi connectivity index (χ3v) is 0.463. The molecule has 0 aromatic rings. The molecule has 0 saturated carbocycles. The van der Waals surface area contributed by atoms with Crippen LogP contribution >= 0.6 is 0 Å². The normalized spacial score (nSPS) is 8.73. The van der Waals surface area contributed by atoms with E-state index in [-0.39, 0.29) is 6.79 Å². The third kappa shape index (κ3) is 8.46. The van der Waals surface area contributed by atoms with Gasteiger partial charge in [0.2, 0.25) is 0 Å². The van der Waals surface area contributed by atoms with Crippen LogP contribution in [0, 0.1) is 0 Å². The summed E-state index contributed by atoms with van der Waals surface area (Å²) in [6.07, 6.45) is 0. The van der Waals surface area contributed by atoms with Crippen molar-refractivity contribution in [2.24, 2.45) is 11.5 Å². The van der Waals surface area contributed by atoms with Crippen LogP contribution in [-0.4, -0.2) is 18.9 Å². The summed E-state index contributed by atoms with van der Waals surface area (Å²) < 4.78 is 0. The first kappa shape index (κ1) is 9.46. The molecule has 0 aromatic heterocycles. The van der Waals surface area contributed by atoms with E-state index in [1.165, 1.54) is 0 Å². The van der Waals surface area contributed by atoms with Gasteiger partial charge in [-0.3, -0.25) is 0 Å². The Labute approximate surface area is 61.7 Å². The summed E-state index contributed by atoms with van der Waals surface area (Å²) in [5.74, 6) is 0. The number of rotatable bonds is 4. The number of carbonyl (C=O) groups excluding carboxylic acids is 2. The van der Waals surface area contributed by atoms with Crippen molar-refractivity contribution in [1.82, 2.24) is 11.0 Å². The molecule has 0 aromatic carbocycles. The Morgan fingerprint density at radius 1 is 1.09 bits per heavy atom. The van der Waals surface area contributed by atoms with Gasteiger partial charge in [-0.25, -0.2) is 30.2 Å². The summed E-state index contributed by atoms with van der Waals surface area (Å²) in [5, 5.41) is 0. The van der Waals surface area contributed by atoms with Gasteiger partial charge in [-0.1, -0.05) is 0 Å². The lowest BCUT2D eigenvalue weighted by Crippen LogP contribution is -2.34. The monoisotopic (exact) mass is 164 g/mol. The Balaban J connectivity index is 3.03. The van der Waals surface area contributed by atoms with Crippen LogP contribution in [0.4, 0.5) is 9.59 Å². The number of nitrogens with two attached hydrogens (primary N) is 2. The van der Waals surface area contributed by atoms with Crippen LogP contribution in [0.1, 0.15) is 0 Å². The van der Waals surface area contributed by atoms with E-state index in [0.717, 1.165) is 0 Å². The summed E-state index contributed by atoms with van der Waals surface area (Å²) in [6.45, 7) is -0.383. The highest BCUT2D eigenvalue weighted by atomic mass is 16.8. The predicted molar refractivity (Wildman–Crippen MR) is 32.5 cm³/mol. The topological polar surface area (TPSA) is 129 Å². The highest BCUT2D eigenvalue weighted by molar-refractivity contribution is 5.70. The Hall–Kier alpha value is -1.54. The maximum absolute atomic E-state index is 9.91. The van der Waals surface area contributed by atoms with E-state index in [4.69, 9.17) is 0 Å². The lowest BCUT2D eigenvalue weighted by atomic mass is 11.2. The fourth-order valence-corrected chi connectivity index (χ4v) is 0.231. The van der Waals surface area contributed by atoms with Crippen LogP contribution < -0.4 is 22.4 Å². The second kappa shape index (κ2) is 5.26. The Morgan fingerprint density at radius 3 is 1.73 bits per heavy atom. The van der Waals surface area contributed by atoms with Gasteiger partial charge >= 0.3 is 12.1 Å². The molecular weight excluding hydrogens is 156 g/mol. The van der Waals surface area contributed by atoms with Gasteiger partial charge in [0.05, 0.1) is 0 Å². The van der Waals surface area contributed by atoms with Crippen molar-refractivity contribution in [1.29, 1.82) is 0 Å². The van der Waals surface area contributed by atoms with Gasteiger partial charge in [-0.2, -0.15) is 0 Å². The number of amides is 4. The van der Waals surface area contributed by atoms with Crippen molar-refractivity contribution in [2.75, 3.05) is 6.79 Å². The summed E-state index contributed by atoms with van der Waals surface area (Å²) in [6, 6.07) is -1.74. The van der Waals surface area contributed by atoms with Gasteiger partial charge in [0.15, 0.2) is 6.79 Å². The van der Waals surface area contributed by atoms with Gasteiger partial charge in [-0.05, 0) is 0 Å². The lowest BCUT2D eigenvalue weighted by molar-refractivity contribution is -0.110. The van der Waals surface area contributed by atoms with Crippen LogP contribution in [0.3, 0.4) is 0 Å². The molecule has 8 nitrogen and oxygen atoms in total. The maximum Gasteiger partial charge on any atom is 0.336 e. The molecule has 4 amide bonds. The summed E-state index contributed by atoms with van der Waals surface area (Å²) in [4.78, 5) is 28.3. The van der Waals surface area contributed by atoms with Gasteiger partial charge in [0.1, 0.15) is 0 Å². The summed E-state index contributed by atoms with van der Waals surface area (Å²) >= 11 is 0. The van der Waals surface area contributed by atoms with Crippen LogP contribution in [0.2, 0.25) is 0 Å². The lowest BCUT2D eigenvalue weighted by Gasteiger charge is -2.02. The van der Waals surface area contributed by atoms with Crippen molar-refractivity contribution >= 4 is 12.1 Å². The zero-order valence-corrected chi connectivity index (χ0v) is 5.49. The minimum atomic E-state index is -0.868. The number of hydrogen-bond acceptors (Lipinski definition) is 4. The Morgan fingerprint density at radius 2 is 1.45 bits per heavy atom. The molecule has 0 unspecified atom stereocenters. The molecule has 0 saturated heterocycles. The number of hydrogen-bond donors (Lipinski definition) is 4. The molecule has 8 heteroatoms. The van der Waals surface area contributed by atoms with Crippen molar-refractivity contribution in [3.05, 3.63) is 0 Å². The fraction of sp³-hybridized carbons (Fsp3) is 0.333. The van der Waals surface area contributed by atoms with Crippen molar-refractivity contribution in [3.63, 3.8) is 0 Å². The van der Waals surface area contributed by atoms with Crippen molar-refractivity contribution < 1.29 is 19.3 Å². The number of urea groups is 2. The number of nitrogens with one attached hydrogen (secondary N) is 2. The van der Waals surface area contributed by atoms with Crippen molar-refractivity contribution in [2.45, 2.75) is 0 Å². The van der Waals surface area contributed by atoms with Gasteiger partial charge < -0.3 is 11.5 Å². The van der Waals surface area contributed by atoms with Gasteiger partial charge in [0.25, 0.3) is 0 Å². The number of primary amides is 2. The van der Waals surface area contributed by atoms with Gasteiger partial charge in [0, 0.05) is 0 Å². The first-order valence-electron chi connectivity index (χ1n) is 2.47. The van der Waals surface area contributed by atoms with E-state index in [1.807, 2.05) is 0 Å². The molecule has 0 aliphatic rings. The summed E-state index contributed by atoms with van der Waals surface area (Å²) in [7, 11) is 0. The highest BCUT2D eigenvalue weighted by Crippen LogP contribution is 1.67. The van der Waals surface area contributed by atoms with E-state index >= 15 is 0 Å². The second-order valence-electron chi connectivity index (χ2n) is 1.34. The van der Waals surface area contributed by atoms with E-state index < -0.39 is 12.1 Å². The van der Waals surface area contributed by atoms with E-state index in [0.29, 0.717) is 0 Å². The minimum absolute atomic E-state index is 0.383. The van der Waals surface area contributed by atoms with Crippen molar-refractivity contribution in [3.8, 4) is 0 Å². The first-order valence-corrected chi connectivity index (χ1v) is 2.47. The molecule has 0 aliphatic heterocycles. The number of hydroxylamine groups is 2. The van der Waals surface area contributed by atoms with Crippen LogP contribution in [0.5, 0.6) is 0 Å². The first-order chi connectivity index (χ1) is 5.13.